The van der Waals surface area contributed by atoms with Gasteiger partial charge < -0.3 is 15.3 Å². The number of rotatable bonds is 4. The van der Waals surface area contributed by atoms with Crippen LogP contribution < -0.4 is 5.32 Å². The van der Waals surface area contributed by atoms with Crippen LogP contribution in [0.25, 0.3) is 0 Å². The Kier molecular flexibility index (Phi) is 7.73. The molecule has 2 rings (SSSR count). The molecular weight excluding hydrogens is 389 g/mol. The van der Waals surface area contributed by atoms with Crippen LogP contribution in [0.4, 0.5) is 0 Å². The standard InChI is InChI=1S/C17H21N3O.HI/c1-20(2)17(18-12-14-7-4-3-5-8-14)19-13-15-9-6-10-16(21)11-15;/h3-11,21H,12-13H2,1-2H3,(H,18,19);1H. The third kappa shape index (κ3) is 5.93. The van der Waals surface area contributed by atoms with Crippen molar-refractivity contribution in [3.8, 4) is 5.75 Å². The summed E-state index contributed by atoms with van der Waals surface area (Å²) in [7, 11) is 3.92. The Bertz CT molecular complexity index is 600. The number of hydrogen-bond acceptors (Lipinski definition) is 2. The highest BCUT2D eigenvalue weighted by atomic mass is 127. The highest BCUT2D eigenvalue weighted by molar-refractivity contribution is 14.0. The van der Waals surface area contributed by atoms with Gasteiger partial charge in [-0.2, -0.15) is 0 Å². The molecule has 5 heteroatoms. The van der Waals surface area contributed by atoms with Gasteiger partial charge in [0.1, 0.15) is 5.75 Å². The summed E-state index contributed by atoms with van der Waals surface area (Å²) in [6.07, 6.45) is 0. The number of hydrogen-bond donors (Lipinski definition) is 2. The molecule has 0 heterocycles. The summed E-state index contributed by atoms with van der Waals surface area (Å²) in [6.45, 7) is 1.27. The summed E-state index contributed by atoms with van der Waals surface area (Å²) in [6, 6.07) is 17.4. The van der Waals surface area contributed by atoms with Crippen LogP contribution in [0.5, 0.6) is 5.75 Å². The van der Waals surface area contributed by atoms with E-state index in [-0.39, 0.29) is 29.7 Å². The van der Waals surface area contributed by atoms with Gasteiger partial charge >= 0.3 is 0 Å². The van der Waals surface area contributed by atoms with Gasteiger partial charge in [-0.1, -0.05) is 42.5 Å². The number of aromatic hydroxyl groups is 1. The van der Waals surface area contributed by atoms with E-state index in [9.17, 15) is 5.11 Å². The molecule has 0 aliphatic carbocycles. The quantitative estimate of drug-likeness (QED) is 0.462. The van der Waals surface area contributed by atoms with Crippen molar-refractivity contribution in [2.45, 2.75) is 13.1 Å². The predicted octanol–water partition coefficient (Wildman–Crippen LogP) is 3.22. The Morgan fingerprint density at radius 1 is 1.05 bits per heavy atom. The van der Waals surface area contributed by atoms with Crippen LogP contribution in [0.15, 0.2) is 59.6 Å². The molecule has 0 fully saturated rings. The monoisotopic (exact) mass is 411 g/mol. The van der Waals surface area contributed by atoms with E-state index in [1.165, 1.54) is 5.56 Å². The van der Waals surface area contributed by atoms with Crippen molar-refractivity contribution in [3.05, 3.63) is 65.7 Å². The molecule has 0 saturated heterocycles. The Morgan fingerprint density at radius 3 is 2.36 bits per heavy atom. The SMILES string of the molecule is CN(C)C(=NCc1cccc(O)c1)NCc1ccccc1.I. The van der Waals surface area contributed by atoms with E-state index in [4.69, 9.17) is 0 Å². The van der Waals surface area contributed by atoms with Crippen LogP contribution in [-0.4, -0.2) is 30.1 Å². The lowest BCUT2D eigenvalue weighted by molar-refractivity contribution is 0.474. The second kappa shape index (κ2) is 9.30. The number of benzene rings is 2. The fourth-order valence-electron chi connectivity index (χ4n) is 1.95. The van der Waals surface area contributed by atoms with E-state index in [0.717, 1.165) is 18.1 Å². The fraction of sp³-hybridized carbons (Fsp3) is 0.235. The third-order valence-corrected chi connectivity index (χ3v) is 3.04. The summed E-state index contributed by atoms with van der Waals surface area (Å²) in [5.41, 5.74) is 2.19. The molecule has 0 radical (unpaired) electrons. The zero-order valence-electron chi connectivity index (χ0n) is 12.9. The van der Waals surface area contributed by atoms with Crippen LogP contribution >= 0.6 is 24.0 Å². The van der Waals surface area contributed by atoms with Crippen molar-refractivity contribution in [2.75, 3.05) is 14.1 Å². The maximum Gasteiger partial charge on any atom is 0.194 e. The number of guanidine groups is 1. The molecule has 2 aromatic rings. The average molecular weight is 411 g/mol. The summed E-state index contributed by atoms with van der Waals surface area (Å²) < 4.78 is 0. The van der Waals surface area contributed by atoms with E-state index in [1.807, 2.05) is 49.3 Å². The summed E-state index contributed by atoms with van der Waals surface area (Å²) in [4.78, 5) is 6.52. The van der Waals surface area contributed by atoms with E-state index in [2.05, 4.69) is 22.4 Å². The number of halogens is 1. The maximum absolute atomic E-state index is 9.47. The number of nitrogens with one attached hydrogen (secondary N) is 1. The Morgan fingerprint density at radius 2 is 1.73 bits per heavy atom. The zero-order chi connectivity index (χ0) is 15.1. The first kappa shape index (κ1) is 18.3. The number of phenolic OH excluding ortho intramolecular Hbond substituents is 1. The highest BCUT2D eigenvalue weighted by Crippen LogP contribution is 2.11. The van der Waals surface area contributed by atoms with Crippen molar-refractivity contribution in [1.29, 1.82) is 0 Å². The minimum Gasteiger partial charge on any atom is -0.508 e. The topological polar surface area (TPSA) is 47.9 Å². The Labute approximate surface area is 148 Å². The molecule has 0 unspecified atom stereocenters. The van der Waals surface area contributed by atoms with Crippen molar-refractivity contribution in [3.63, 3.8) is 0 Å². The second-order valence-corrected chi connectivity index (χ2v) is 5.04. The van der Waals surface area contributed by atoms with Gasteiger partial charge in [0, 0.05) is 20.6 Å². The van der Waals surface area contributed by atoms with Crippen LogP contribution in [0.3, 0.4) is 0 Å². The third-order valence-electron chi connectivity index (χ3n) is 3.04. The minimum absolute atomic E-state index is 0. The van der Waals surface area contributed by atoms with E-state index in [0.29, 0.717) is 6.54 Å². The lowest BCUT2D eigenvalue weighted by Gasteiger charge is -2.17. The van der Waals surface area contributed by atoms with Gasteiger partial charge in [0.2, 0.25) is 0 Å². The van der Waals surface area contributed by atoms with Gasteiger partial charge in [-0.3, -0.25) is 0 Å². The van der Waals surface area contributed by atoms with Crippen LogP contribution in [0.1, 0.15) is 11.1 Å². The fourth-order valence-corrected chi connectivity index (χ4v) is 1.95. The lowest BCUT2D eigenvalue weighted by Crippen LogP contribution is -2.36. The van der Waals surface area contributed by atoms with E-state index >= 15 is 0 Å². The van der Waals surface area contributed by atoms with Crippen LogP contribution in [0, 0.1) is 0 Å². The highest BCUT2D eigenvalue weighted by Gasteiger charge is 2.02. The normalized spacial score (nSPS) is 10.7. The molecule has 0 bridgehead atoms. The molecule has 0 spiro atoms. The lowest BCUT2D eigenvalue weighted by atomic mass is 10.2. The van der Waals surface area contributed by atoms with Crippen molar-refractivity contribution < 1.29 is 5.11 Å². The molecule has 0 aromatic heterocycles. The number of nitrogens with zero attached hydrogens (tertiary/aromatic N) is 2. The molecule has 0 saturated carbocycles. The predicted molar refractivity (Wildman–Crippen MR) is 102 cm³/mol. The molecule has 0 aliphatic rings. The van der Waals surface area contributed by atoms with Gasteiger partial charge in [0.05, 0.1) is 6.54 Å². The van der Waals surface area contributed by atoms with Crippen molar-refractivity contribution in [1.82, 2.24) is 10.2 Å². The first-order chi connectivity index (χ1) is 10.1. The Hall–Kier alpha value is -1.76. The zero-order valence-corrected chi connectivity index (χ0v) is 15.2. The van der Waals surface area contributed by atoms with Gasteiger partial charge in [-0.05, 0) is 23.3 Å². The Balaban J connectivity index is 0.00000242. The minimum atomic E-state index is 0. The second-order valence-electron chi connectivity index (χ2n) is 5.04. The van der Waals surface area contributed by atoms with E-state index < -0.39 is 0 Å². The van der Waals surface area contributed by atoms with Crippen LogP contribution in [-0.2, 0) is 13.1 Å². The molecule has 0 aliphatic heterocycles. The average Bonchev–Trinajstić information content (AvgIpc) is 2.48. The van der Waals surface area contributed by atoms with Crippen molar-refractivity contribution in [2.24, 2.45) is 4.99 Å². The van der Waals surface area contributed by atoms with Gasteiger partial charge in [0.15, 0.2) is 5.96 Å². The number of phenols is 1. The smallest absolute Gasteiger partial charge is 0.194 e. The molecule has 4 nitrogen and oxygen atoms in total. The first-order valence-electron chi connectivity index (χ1n) is 6.92. The summed E-state index contributed by atoms with van der Waals surface area (Å²) >= 11 is 0. The van der Waals surface area contributed by atoms with Crippen molar-refractivity contribution >= 4 is 29.9 Å². The largest absolute Gasteiger partial charge is 0.508 e. The molecule has 2 N–H and O–H groups in total. The summed E-state index contributed by atoms with van der Waals surface area (Å²) in [5.74, 6) is 1.09. The van der Waals surface area contributed by atoms with Gasteiger partial charge in [-0.25, -0.2) is 4.99 Å². The molecule has 0 amide bonds. The molecule has 2 aromatic carbocycles. The molecule has 118 valence electrons. The number of aliphatic imine (C=N–C) groups is 1. The molecule has 22 heavy (non-hydrogen) atoms. The molecular formula is C17H22IN3O. The first-order valence-corrected chi connectivity index (χ1v) is 6.92. The molecule has 0 atom stereocenters. The van der Waals surface area contributed by atoms with Gasteiger partial charge in [-0.15, -0.1) is 24.0 Å². The maximum atomic E-state index is 9.47. The van der Waals surface area contributed by atoms with E-state index in [1.54, 1.807) is 12.1 Å². The van der Waals surface area contributed by atoms with Crippen LogP contribution in [0.2, 0.25) is 0 Å². The summed E-state index contributed by atoms with van der Waals surface area (Å²) in [5, 5.41) is 12.8. The van der Waals surface area contributed by atoms with Gasteiger partial charge in [0.25, 0.3) is 0 Å².